The number of carboxylic acid groups (broad SMARTS) is 1. The molecule has 1 aromatic heterocycles. The third-order valence-electron chi connectivity index (χ3n) is 3.32. The van der Waals surface area contributed by atoms with Gasteiger partial charge in [-0.15, -0.1) is 0 Å². The average molecular weight is 210 g/mol. The zero-order valence-electron chi connectivity index (χ0n) is 8.57. The van der Waals surface area contributed by atoms with Crippen molar-refractivity contribution in [3.63, 3.8) is 0 Å². The second kappa shape index (κ2) is 2.83. The highest BCUT2D eigenvalue weighted by Gasteiger charge is 2.63. The SMILES string of the molecule is Cc1cscc1[C@@H]1[C@@H](C(=O)O)C1(C)C. The minimum atomic E-state index is -0.661. The summed E-state index contributed by atoms with van der Waals surface area (Å²) in [4.78, 5) is 11.0. The third-order valence-corrected chi connectivity index (χ3v) is 4.20. The minimum Gasteiger partial charge on any atom is -0.481 e. The molecule has 0 spiro atoms. The molecule has 1 heterocycles. The fourth-order valence-corrected chi connectivity index (χ4v) is 3.26. The van der Waals surface area contributed by atoms with Crippen LogP contribution >= 0.6 is 11.3 Å². The van der Waals surface area contributed by atoms with Gasteiger partial charge < -0.3 is 5.11 Å². The van der Waals surface area contributed by atoms with Crippen LogP contribution < -0.4 is 0 Å². The second-order valence-electron chi connectivity index (χ2n) is 4.63. The van der Waals surface area contributed by atoms with Gasteiger partial charge >= 0.3 is 5.97 Å². The molecule has 0 saturated heterocycles. The molecule has 1 saturated carbocycles. The van der Waals surface area contributed by atoms with Crippen LogP contribution in [0.5, 0.6) is 0 Å². The topological polar surface area (TPSA) is 37.3 Å². The van der Waals surface area contributed by atoms with E-state index in [2.05, 4.69) is 17.7 Å². The second-order valence-corrected chi connectivity index (χ2v) is 5.37. The predicted molar refractivity (Wildman–Crippen MR) is 56.7 cm³/mol. The third kappa shape index (κ3) is 1.19. The van der Waals surface area contributed by atoms with E-state index in [9.17, 15) is 4.79 Å². The van der Waals surface area contributed by atoms with Crippen LogP contribution in [0.3, 0.4) is 0 Å². The van der Waals surface area contributed by atoms with Gasteiger partial charge in [0.1, 0.15) is 0 Å². The molecule has 0 bridgehead atoms. The van der Waals surface area contributed by atoms with Crippen LogP contribution in [0.25, 0.3) is 0 Å². The number of carbonyl (C=O) groups is 1. The Hall–Kier alpha value is -0.830. The molecule has 76 valence electrons. The molecule has 3 heteroatoms. The molecule has 0 unspecified atom stereocenters. The molecule has 1 aromatic rings. The van der Waals surface area contributed by atoms with Gasteiger partial charge in [-0.2, -0.15) is 11.3 Å². The number of hydrogen-bond acceptors (Lipinski definition) is 2. The molecule has 1 N–H and O–H groups in total. The first-order valence-corrected chi connectivity index (χ1v) is 5.66. The highest BCUT2D eigenvalue weighted by molar-refractivity contribution is 7.08. The smallest absolute Gasteiger partial charge is 0.307 e. The summed E-state index contributed by atoms with van der Waals surface area (Å²) in [6.07, 6.45) is 0. The number of rotatable bonds is 2. The maximum atomic E-state index is 11.0. The van der Waals surface area contributed by atoms with Crippen LogP contribution in [-0.4, -0.2) is 11.1 Å². The van der Waals surface area contributed by atoms with E-state index in [-0.39, 0.29) is 17.3 Å². The quantitative estimate of drug-likeness (QED) is 0.815. The number of hydrogen-bond donors (Lipinski definition) is 1. The molecule has 2 nitrogen and oxygen atoms in total. The number of carboxylic acids is 1. The molecule has 1 aliphatic carbocycles. The van der Waals surface area contributed by atoms with E-state index in [0.717, 1.165) is 0 Å². The van der Waals surface area contributed by atoms with Crippen molar-refractivity contribution in [1.29, 1.82) is 0 Å². The van der Waals surface area contributed by atoms with Crippen LogP contribution in [0.1, 0.15) is 30.9 Å². The number of aliphatic carboxylic acids is 1. The van der Waals surface area contributed by atoms with Gasteiger partial charge in [-0.3, -0.25) is 4.79 Å². The van der Waals surface area contributed by atoms with Gasteiger partial charge in [0.2, 0.25) is 0 Å². The summed E-state index contributed by atoms with van der Waals surface area (Å²) in [5, 5.41) is 13.2. The lowest BCUT2D eigenvalue weighted by Gasteiger charge is -2.00. The molecule has 0 radical (unpaired) electrons. The van der Waals surface area contributed by atoms with Crippen LogP contribution in [-0.2, 0) is 4.79 Å². The van der Waals surface area contributed by atoms with Crippen LogP contribution in [0.4, 0.5) is 0 Å². The van der Waals surface area contributed by atoms with E-state index in [4.69, 9.17) is 5.11 Å². The van der Waals surface area contributed by atoms with Crippen LogP contribution in [0.15, 0.2) is 10.8 Å². The first kappa shape index (κ1) is 9.71. The van der Waals surface area contributed by atoms with Gasteiger partial charge in [-0.25, -0.2) is 0 Å². The fourth-order valence-electron chi connectivity index (χ4n) is 2.37. The van der Waals surface area contributed by atoms with Gasteiger partial charge in [-0.05, 0) is 34.2 Å². The summed E-state index contributed by atoms with van der Waals surface area (Å²) in [6, 6.07) is 0. The van der Waals surface area contributed by atoms with Gasteiger partial charge in [0, 0.05) is 5.92 Å². The Morgan fingerprint density at radius 2 is 2.14 bits per heavy atom. The monoisotopic (exact) mass is 210 g/mol. The Labute approximate surface area is 87.6 Å². The van der Waals surface area contributed by atoms with E-state index in [1.54, 1.807) is 11.3 Å². The van der Waals surface area contributed by atoms with E-state index < -0.39 is 5.97 Å². The molecule has 1 fully saturated rings. The van der Waals surface area contributed by atoms with Gasteiger partial charge in [0.05, 0.1) is 5.92 Å². The van der Waals surface area contributed by atoms with Crippen LogP contribution in [0, 0.1) is 18.3 Å². The summed E-state index contributed by atoms with van der Waals surface area (Å²) >= 11 is 1.66. The highest BCUT2D eigenvalue weighted by Crippen LogP contribution is 2.65. The van der Waals surface area contributed by atoms with Gasteiger partial charge in [0.25, 0.3) is 0 Å². The van der Waals surface area contributed by atoms with Crippen molar-refractivity contribution in [2.24, 2.45) is 11.3 Å². The molecule has 14 heavy (non-hydrogen) atoms. The van der Waals surface area contributed by atoms with Crippen molar-refractivity contribution < 1.29 is 9.90 Å². The highest BCUT2D eigenvalue weighted by atomic mass is 32.1. The summed E-state index contributed by atoms with van der Waals surface area (Å²) in [7, 11) is 0. The molecule has 0 aromatic carbocycles. The van der Waals surface area contributed by atoms with Gasteiger partial charge in [0.15, 0.2) is 0 Å². The molecule has 0 amide bonds. The zero-order chi connectivity index (χ0) is 10.5. The molecular formula is C11H14O2S. The van der Waals surface area contributed by atoms with Crippen molar-refractivity contribution in [3.8, 4) is 0 Å². The van der Waals surface area contributed by atoms with Crippen LogP contribution in [0.2, 0.25) is 0 Å². The summed E-state index contributed by atoms with van der Waals surface area (Å²) in [5.74, 6) is -0.646. The Morgan fingerprint density at radius 1 is 1.50 bits per heavy atom. The summed E-state index contributed by atoms with van der Waals surface area (Å²) < 4.78 is 0. The van der Waals surface area contributed by atoms with Gasteiger partial charge in [-0.1, -0.05) is 13.8 Å². The molecule has 1 aliphatic rings. The Balaban J connectivity index is 2.32. The lowest BCUT2D eigenvalue weighted by molar-refractivity contribution is -0.139. The predicted octanol–water partition coefficient (Wildman–Crippen LogP) is 2.88. The Morgan fingerprint density at radius 3 is 2.50 bits per heavy atom. The first-order chi connectivity index (χ1) is 6.46. The minimum absolute atomic E-state index is 0.0718. The number of thiophene rings is 1. The standard InChI is InChI=1S/C11H14O2S/c1-6-4-14-5-7(6)8-9(10(12)13)11(8,2)3/h4-5,8-9H,1-3H3,(H,12,13)/t8-,9+/m1/s1. The van der Waals surface area contributed by atoms with Crippen molar-refractivity contribution in [2.45, 2.75) is 26.7 Å². The maximum Gasteiger partial charge on any atom is 0.307 e. The average Bonchev–Trinajstić information content (AvgIpc) is 2.42. The molecule has 2 atom stereocenters. The van der Waals surface area contributed by atoms with Crippen molar-refractivity contribution in [2.75, 3.05) is 0 Å². The maximum absolute atomic E-state index is 11.0. The first-order valence-electron chi connectivity index (χ1n) is 4.71. The lowest BCUT2D eigenvalue weighted by atomic mass is 10.0. The fraction of sp³-hybridized carbons (Fsp3) is 0.545. The normalized spacial score (nSPS) is 28.8. The molecule has 0 aliphatic heterocycles. The van der Waals surface area contributed by atoms with E-state index in [1.807, 2.05) is 13.8 Å². The van der Waals surface area contributed by atoms with E-state index in [1.165, 1.54) is 11.1 Å². The summed E-state index contributed by atoms with van der Waals surface area (Å²) in [5.41, 5.74) is 2.39. The van der Waals surface area contributed by atoms with E-state index >= 15 is 0 Å². The molecular weight excluding hydrogens is 196 g/mol. The van der Waals surface area contributed by atoms with E-state index in [0.29, 0.717) is 0 Å². The zero-order valence-corrected chi connectivity index (χ0v) is 9.39. The lowest BCUT2D eigenvalue weighted by Crippen LogP contribution is -2.03. The van der Waals surface area contributed by atoms with Crippen molar-refractivity contribution >= 4 is 17.3 Å². The Kier molecular flexibility index (Phi) is 1.96. The Bertz CT molecular complexity index is 378. The number of aryl methyl sites for hydroxylation is 1. The van der Waals surface area contributed by atoms with Crippen molar-refractivity contribution in [1.82, 2.24) is 0 Å². The summed E-state index contributed by atoms with van der Waals surface area (Å²) in [6.45, 7) is 6.13. The largest absolute Gasteiger partial charge is 0.481 e. The molecule has 2 rings (SSSR count). The van der Waals surface area contributed by atoms with Crippen molar-refractivity contribution in [3.05, 3.63) is 21.9 Å².